The fourth-order valence-electron chi connectivity index (χ4n) is 4.56. The summed E-state index contributed by atoms with van der Waals surface area (Å²) in [7, 11) is 0. The van der Waals surface area contributed by atoms with E-state index >= 15 is 0 Å². The summed E-state index contributed by atoms with van der Waals surface area (Å²) in [5.74, 6) is 0. The van der Waals surface area contributed by atoms with Crippen LogP contribution < -0.4 is 0 Å². The highest BCUT2D eigenvalue weighted by Gasteiger charge is 2.23. The molecule has 0 rings (SSSR count). The number of hydrogen-bond acceptors (Lipinski definition) is 0. The van der Waals surface area contributed by atoms with Crippen LogP contribution in [0.3, 0.4) is 0 Å². The van der Waals surface area contributed by atoms with Crippen LogP contribution in [0.4, 0.5) is 0 Å². The minimum Gasteiger partial charge on any atom is -0.324 e. The number of quaternary nitrogens is 1. The van der Waals surface area contributed by atoms with Crippen LogP contribution in [0.25, 0.3) is 0 Å². The zero-order chi connectivity index (χ0) is 18.6. The van der Waals surface area contributed by atoms with Gasteiger partial charge in [-0.3, -0.25) is 0 Å². The Labute approximate surface area is 161 Å². The maximum absolute atomic E-state index is 2.36. The summed E-state index contributed by atoms with van der Waals surface area (Å²) in [5.41, 5.74) is 0. The molecule has 0 aliphatic rings. The predicted octanol–water partition coefficient (Wildman–Crippen LogP) is 8.12. The van der Waals surface area contributed by atoms with Crippen LogP contribution in [0.2, 0.25) is 0 Å². The molecule has 0 atom stereocenters. The summed E-state index contributed by atoms with van der Waals surface area (Å²) < 4.78 is 1.40. The Morgan fingerprint density at radius 2 is 0.640 bits per heavy atom. The summed E-state index contributed by atoms with van der Waals surface area (Å²) in [6, 6.07) is 0. The molecule has 0 amide bonds. The molecule has 0 aromatic carbocycles. The summed E-state index contributed by atoms with van der Waals surface area (Å²) in [6.45, 7) is 15.0. The highest BCUT2D eigenvalue weighted by Crippen LogP contribution is 2.16. The molecule has 0 radical (unpaired) electrons. The zero-order valence-electron chi connectivity index (χ0n) is 18.6. The lowest BCUT2D eigenvalue weighted by molar-refractivity contribution is -0.928. The minimum absolute atomic E-state index is 1.35. The SMILES string of the molecule is CCCCCCCCCCCCCCC[N+](CCC)(CCC)CCC. The van der Waals surface area contributed by atoms with Crippen molar-refractivity contribution in [2.75, 3.05) is 26.2 Å². The first-order valence-corrected chi connectivity index (χ1v) is 12.1. The molecular formula is C24H52N+. The van der Waals surface area contributed by atoms with E-state index in [0.717, 1.165) is 0 Å². The van der Waals surface area contributed by atoms with Gasteiger partial charge in [0, 0.05) is 0 Å². The lowest BCUT2D eigenvalue weighted by Gasteiger charge is -2.38. The van der Waals surface area contributed by atoms with Crippen molar-refractivity contribution in [3.63, 3.8) is 0 Å². The summed E-state index contributed by atoms with van der Waals surface area (Å²) in [4.78, 5) is 0. The fourth-order valence-corrected chi connectivity index (χ4v) is 4.56. The van der Waals surface area contributed by atoms with Gasteiger partial charge in [-0.25, -0.2) is 0 Å². The molecule has 25 heavy (non-hydrogen) atoms. The van der Waals surface area contributed by atoms with Gasteiger partial charge in [-0.05, 0) is 32.1 Å². The van der Waals surface area contributed by atoms with Gasteiger partial charge in [-0.15, -0.1) is 0 Å². The van der Waals surface area contributed by atoms with Crippen molar-refractivity contribution in [1.29, 1.82) is 0 Å². The molecule has 0 saturated heterocycles. The molecule has 0 heterocycles. The van der Waals surface area contributed by atoms with E-state index in [1.54, 1.807) is 0 Å². The molecule has 0 aromatic rings. The molecule has 152 valence electrons. The van der Waals surface area contributed by atoms with Gasteiger partial charge in [-0.1, -0.05) is 98.3 Å². The Balaban J connectivity index is 3.56. The zero-order valence-corrected chi connectivity index (χ0v) is 18.6. The van der Waals surface area contributed by atoms with Gasteiger partial charge >= 0.3 is 0 Å². The van der Waals surface area contributed by atoms with Crippen LogP contribution in [-0.2, 0) is 0 Å². The lowest BCUT2D eigenvalue weighted by atomic mass is 10.0. The van der Waals surface area contributed by atoms with Crippen molar-refractivity contribution >= 4 is 0 Å². The number of nitrogens with zero attached hydrogens (tertiary/aromatic N) is 1. The van der Waals surface area contributed by atoms with E-state index in [1.807, 2.05) is 0 Å². The highest BCUT2D eigenvalue weighted by molar-refractivity contribution is 4.51. The molecule has 0 aliphatic carbocycles. The quantitative estimate of drug-likeness (QED) is 0.153. The maximum Gasteiger partial charge on any atom is 0.0786 e. The third-order valence-corrected chi connectivity index (χ3v) is 5.83. The molecule has 0 N–H and O–H groups in total. The Morgan fingerprint density at radius 1 is 0.320 bits per heavy atom. The van der Waals surface area contributed by atoms with Gasteiger partial charge in [0.05, 0.1) is 26.2 Å². The van der Waals surface area contributed by atoms with E-state index in [1.165, 1.54) is 133 Å². The van der Waals surface area contributed by atoms with E-state index in [-0.39, 0.29) is 0 Å². The van der Waals surface area contributed by atoms with E-state index < -0.39 is 0 Å². The van der Waals surface area contributed by atoms with Crippen LogP contribution in [0, 0.1) is 0 Å². The summed E-state index contributed by atoms with van der Waals surface area (Å²) in [6.07, 6.45) is 23.1. The topological polar surface area (TPSA) is 0 Å². The molecule has 0 spiro atoms. The summed E-state index contributed by atoms with van der Waals surface area (Å²) in [5, 5.41) is 0. The second kappa shape index (κ2) is 18.7. The average Bonchev–Trinajstić information content (AvgIpc) is 2.60. The average molecular weight is 355 g/mol. The van der Waals surface area contributed by atoms with Crippen molar-refractivity contribution in [2.24, 2.45) is 0 Å². The molecule has 0 fully saturated rings. The van der Waals surface area contributed by atoms with Crippen LogP contribution >= 0.6 is 0 Å². The van der Waals surface area contributed by atoms with Crippen molar-refractivity contribution in [1.82, 2.24) is 0 Å². The monoisotopic (exact) mass is 354 g/mol. The first kappa shape index (κ1) is 25.0. The smallest absolute Gasteiger partial charge is 0.0786 e. The molecule has 0 unspecified atom stereocenters. The standard InChI is InChI=1S/C24H52N/c1-5-9-10-11-12-13-14-15-16-17-18-19-20-24-25(21-6-2,22-7-3)23-8-4/h5-24H2,1-4H3/q+1. The molecule has 0 saturated carbocycles. The third-order valence-electron chi connectivity index (χ3n) is 5.83. The molecule has 1 nitrogen and oxygen atoms in total. The Bertz CT molecular complexity index is 231. The molecule has 0 aliphatic heterocycles. The van der Waals surface area contributed by atoms with Gasteiger partial charge in [-0.2, -0.15) is 0 Å². The largest absolute Gasteiger partial charge is 0.324 e. The first-order chi connectivity index (χ1) is 12.2. The van der Waals surface area contributed by atoms with Crippen LogP contribution in [0.1, 0.15) is 130 Å². The Hall–Kier alpha value is -0.0400. The minimum atomic E-state index is 1.35. The third kappa shape index (κ3) is 14.8. The maximum atomic E-state index is 2.36. The van der Waals surface area contributed by atoms with Gasteiger partial charge in [0.25, 0.3) is 0 Å². The number of rotatable bonds is 20. The van der Waals surface area contributed by atoms with E-state index in [2.05, 4.69) is 27.7 Å². The van der Waals surface area contributed by atoms with Gasteiger partial charge in [0.15, 0.2) is 0 Å². The van der Waals surface area contributed by atoms with Crippen molar-refractivity contribution < 1.29 is 4.48 Å². The van der Waals surface area contributed by atoms with Gasteiger partial charge < -0.3 is 4.48 Å². The Morgan fingerprint density at radius 3 is 0.960 bits per heavy atom. The summed E-state index contributed by atoms with van der Waals surface area (Å²) >= 11 is 0. The van der Waals surface area contributed by atoms with Crippen LogP contribution in [-0.4, -0.2) is 30.7 Å². The molecule has 1 heteroatoms. The Kier molecular flexibility index (Phi) is 18.7. The number of unbranched alkanes of at least 4 members (excludes halogenated alkanes) is 12. The molecular weight excluding hydrogens is 302 g/mol. The van der Waals surface area contributed by atoms with Crippen molar-refractivity contribution in [3.8, 4) is 0 Å². The van der Waals surface area contributed by atoms with E-state index in [0.29, 0.717) is 0 Å². The van der Waals surface area contributed by atoms with Gasteiger partial charge in [0.2, 0.25) is 0 Å². The van der Waals surface area contributed by atoms with Crippen LogP contribution in [0.15, 0.2) is 0 Å². The fraction of sp³-hybridized carbons (Fsp3) is 1.00. The predicted molar refractivity (Wildman–Crippen MR) is 116 cm³/mol. The normalized spacial score (nSPS) is 12.0. The number of hydrogen-bond donors (Lipinski definition) is 0. The first-order valence-electron chi connectivity index (χ1n) is 12.1. The second-order valence-electron chi connectivity index (χ2n) is 8.48. The van der Waals surface area contributed by atoms with Crippen molar-refractivity contribution in [2.45, 2.75) is 130 Å². The highest BCUT2D eigenvalue weighted by atomic mass is 15.3. The van der Waals surface area contributed by atoms with Gasteiger partial charge in [0.1, 0.15) is 0 Å². The van der Waals surface area contributed by atoms with Crippen LogP contribution in [0.5, 0.6) is 0 Å². The lowest BCUT2D eigenvalue weighted by Crippen LogP contribution is -2.50. The molecule has 0 aromatic heterocycles. The second-order valence-corrected chi connectivity index (χ2v) is 8.48. The van der Waals surface area contributed by atoms with Crippen molar-refractivity contribution in [3.05, 3.63) is 0 Å². The van der Waals surface area contributed by atoms with E-state index in [9.17, 15) is 0 Å². The molecule has 0 bridgehead atoms. The van der Waals surface area contributed by atoms with E-state index in [4.69, 9.17) is 0 Å².